The molecule has 4 rings (SSSR count). The van der Waals surface area contributed by atoms with Crippen molar-refractivity contribution >= 4 is 47.2 Å². The number of hydrogen-bond acceptors (Lipinski definition) is 5. The second-order valence-electron chi connectivity index (χ2n) is 7.00. The third-order valence-corrected chi connectivity index (χ3v) is 5.12. The first-order valence-corrected chi connectivity index (χ1v) is 9.73. The van der Waals surface area contributed by atoms with E-state index in [1.165, 1.54) is 24.3 Å². The summed E-state index contributed by atoms with van der Waals surface area (Å²) in [6.07, 6.45) is 1.23. The fourth-order valence-electron chi connectivity index (χ4n) is 3.16. The van der Waals surface area contributed by atoms with E-state index in [0.717, 1.165) is 10.5 Å². The number of benzene rings is 2. The Morgan fingerprint density at radius 1 is 1.06 bits per heavy atom. The zero-order chi connectivity index (χ0) is 23.0. The summed E-state index contributed by atoms with van der Waals surface area (Å²) in [7, 11) is 0. The van der Waals surface area contributed by atoms with E-state index in [0.29, 0.717) is 17.0 Å². The zero-order valence-electron chi connectivity index (χ0n) is 16.6. The second-order valence-corrected chi connectivity index (χ2v) is 7.40. The lowest BCUT2D eigenvalue weighted by Crippen LogP contribution is -2.54. The monoisotopic (exact) mass is 450 g/mol. The molecule has 9 heteroatoms. The van der Waals surface area contributed by atoms with Gasteiger partial charge in [0.05, 0.1) is 16.3 Å². The van der Waals surface area contributed by atoms with Crippen molar-refractivity contribution in [1.82, 2.24) is 5.32 Å². The summed E-state index contributed by atoms with van der Waals surface area (Å²) in [5, 5.41) is 11.5. The van der Waals surface area contributed by atoms with E-state index in [9.17, 15) is 24.3 Å². The molecule has 0 aliphatic carbocycles. The maximum absolute atomic E-state index is 12.9. The zero-order valence-corrected chi connectivity index (χ0v) is 17.3. The SMILES string of the molecule is Cc1ccc(N2C(=O)NC(=O)/C(=C/c3ccc(-c4ccc(Cl)c(C(=O)O)c4)o3)C2=O)cc1. The molecule has 0 spiro atoms. The number of rotatable bonds is 4. The number of anilines is 1. The van der Waals surface area contributed by atoms with Gasteiger partial charge in [-0.3, -0.25) is 14.9 Å². The molecule has 0 saturated carbocycles. The fraction of sp³-hybridized carbons (Fsp3) is 0.0435. The van der Waals surface area contributed by atoms with E-state index in [4.69, 9.17) is 16.0 Å². The number of urea groups is 1. The van der Waals surface area contributed by atoms with Crippen LogP contribution in [0.15, 0.2) is 64.6 Å². The molecule has 4 amide bonds. The lowest BCUT2D eigenvalue weighted by atomic mass is 10.1. The van der Waals surface area contributed by atoms with Gasteiger partial charge in [0.25, 0.3) is 11.8 Å². The van der Waals surface area contributed by atoms with E-state index in [1.807, 2.05) is 6.92 Å². The molecule has 1 aliphatic heterocycles. The van der Waals surface area contributed by atoms with E-state index >= 15 is 0 Å². The number of nitrogens with zero attached hydrogens (tertiary/aromatic N) is 1. The van der Waals surface area contributed by atoms with Crippen molar-refractivity contribution < 1.29 is 28.7 Å². The number of carboxylic acids is 1. The van der Waals surface area contributed by atoms with Gasteiger partial charge in [0.2, 0.25) is 0 Å². The molecule has 32 heavy (non-hydrogen) atoms. The molecule has 2 heterocycles. The summed E-state index contributed by atoms with van der Waals surface area (Å²) in [6, 6.07) is 13.3. The lowest BCUT2D eigenvalue weighted by molar-refractivity contribution is -0.122. The molecular formula is C23H15ClN2O6. The van der Waals surface area contributed by atoms with Gasteiger partial charge in [-0.25, -0.2) is 14.5 Å². The number of nitrogens with one attached hydrogen (secondary N) is 1. The van der Waals surface area contributed by atoms with E-state index in [2.05, 4.69) is 5.32 Å². The summed E-state index contributed by atoms with van der Waals surface area (Å²) in [6.45, 7) is 1.87. The number of aromatic carboxylic acids is 1. The molecule has 2 aromatic carbocycles. The summed E-state index contributed by atoms with van der Waals surface area (Å²) < 4.78 is 5.68. The Kier molecular flexibility index (Phi) is 5.38. The summed E-state index contributed by atoms with van der Waals surface area (Å²) >= 11 is 5.89. The van der Waals surface area contributed by atoms with Crippen LogP contribution >= 0.6 is 11.6 Å². The number of hydrogen-bond donors (Lipinski definition) is 2. The number of barbiturate groups is 1. The predicted molar refractivity (Wildman–Crippen MR) is 116 cm³/mol. The fourth-order valence-corrected chi connectivity index (χ4v) is 3.35. The molecule has 1 aromatic heterocycles. The van der Waals surface area contributed by atoms with E-state index in [1.54, 1.807) is 36.4 Å². The number of aryl methyl sites for hydroxylation is 1. The Morgan fingerprint density at radius 3 is 2.47 bits per heavy atom. The van der Waals surface area contributed by atoms with Crippen LogP contribution in [0.5, 0.6) is 0 Å². The van der Waals surface area contributed by atoms with Gasteiger partial charge >= 0.3 is 12.0 Å². The topological polar surface area (TPSA) is 117 Å². The van der Waals surface area contributed by atoms with Gasteiger partial charge in [-0.05, 0) is 55.5 Å². The van der Waals surface area contributed by atoms with Gasteiger partial charge in [-0.1, -0.05) is 29.3 Å². The maximum atomic E-state index is 12.9. The average Bonchev–Trinajstić information content (AvgIpc) is 3.21. The Morgan fingerprint density at radius 2 is 1.78 bits per heavy atom. The molecule has 1 aliphatic rings. The molecule has 8 nitrogen and oxygen atoms in total. The number of carboxylic acid groups (broad SMARTS) is 1. The van der Waals surface area contributed by atoms with Crippen molar-refractivity contribution in [2.24, 2.45) is 0 Å². The van der Waals surface area contributed by atoms with E-state index in [-0.39, 0.29) is 21.9 Å². The number of halogens is 1. The molecule has 2 N–H and O–H groups in total. The van der Waals surface area contributed by atoms with Crippen LogP contribution in [-0.4, -0.2) is 28.9 Å². The van der Waals surface area contributed by atoms with Crippen LogP contribution in [-0.2, 0) is 9.59 Å². The van der Waals surface area contributed by atoms with Gasteiger partial charge in [0, 0.05) is 5.56 Å². The van der Waals surface area contributed by atoms with Crippen LogP contribution < -0.4 is 10.2 Å². The van der Waals surface area contributed by atoms with Crippen LogP contribution in [0.4, 0.5) is 10.5 Å². The van der Waals surface area contributed by atoms with Crippen LogP contribution in [0.1, 0.15) is 21.7 Å². The predicted octanol–water partition coefficient (Wildman–Crippen LogP) is 4.27. The Hall–Kier alpha value is -4.17. The van der Waals surface area contributed by atoms with Crippen LogP contribution in [0.25, 0.3) is 17.4 Å². The smallest absolute Gasteiger partial charge is 0.337 e. The first-order valence-electron chi connectivity index (χ1n) is 9.36. The first kappa shape index (κ1) is 21.1. The molecule has 0 atom stereocenters. The number of imide groups is 2. The molecule has 1 fully saturated rings. The Balaban J connectivity index is 1.67. The average molecular weight is 451 g/mol. The third-order valence-electron chi connectivity index (χ3n) is 4.79. The van der Waals surface area contributed by atoms with Crippen molar-refractivity contribution in [3.63, 3.8) is 0 Å². The molecule has 0 radical (unpaired) electrons. The summed E-state index contributed by atoms with van der Waals surface area (Å²) in [5.41, 5.74) is 1.34. The highest BCUT2D eigenvalue weighted by molar-refractivity contribution is 6.39. The van der Waals surface area contributed by atoms with Crippen LogP contribution in [0.2, 0.25) is 5.02 Å². The summed E-state index contributed by atoms with van der Waals surface area (Å²) in [5.74, 6) is -2.34. The first-order chi connectivity index (χ1) is 15.2. The maximum Gasteiger partial charge on any atom is 0.337 e. The minimum absolute atomic E-state index is 0.0838. The normalized spacial score (nSPS) is 15.2. The van der Waals surface area contributed by atoms with Crippen molar-refractivity contribution in [3.8, 4) is 11.3 Å². The van der Waals surface area contributed by atoms with Crippen LogP contribution in [0.3, 0.4) is 0 Å². The molecule has 0 bridgehead atoms. The highest BCUT2D eigenvalue weighted by Crippen LogP contribution is 2.28. The van der Waals surface area contributed by atoms with Gasteiger partial charge in [-0.15, -0.1) is 0 Å². The van der Waals surface area contributed by atoms with Crippen molar-refractivity contribution in [3.05, 3.63) is 82.1 Å². The van der Waals surface area contributed by atoms with Gasteiger partial charge in [0.15, 0.2) is 0 Å². The van der Waals surface area contributed by atoms with Crippen molar-refractivity contribution in [2.45, 2.75) is 6.92 Å². The molecule has 1 saturated heterocycles. The summed E-state index contributed by atoms with van der Waals surface area (Å²) in [4.78, 5) is 49.7. The van der Waals surface area contributed by atoms with E-state index < -0.39 is 23.8 Å². The molecule has 3 aromatic rings. The Labute approximate surface area is 186 Å². The number of carbonyl (C=O) groups is 4. The highest BCUT2D eigenvalue weighted by atomic mass is 35.5. The number of carbonyl (C=O) groups excluding carboxylic acids is 3. The largest absolute Gasteiger partial charge is 0.478 e. The minimum Gasteiger partial charge on any atom is -0.478 e. The highest BCUT2D eigenvalue weighted by Gasteiger charge is 2.37. The standard InChI is InChI=1S/C23H15ClN2O6/c1-12-2-5-14(6-3-12)26-21(28)17(20(27)25-23(26)31)11-15-7-9-19(32-15)13-4-8-18(24)16(10-13)22(29)30/h2-11H,1H3,(H,29,30)(H,25,27,31)/b17-11-. The third kappa shape index (κ3) is 3.91. The van der Waals surface area contributed by atoms with Gasteiger partial charge in [0.1, 0.15) is 17.1 Å². The number of furan rings is 1. The number of amides is 4. The molecule has 0 unspecified atom stereocenters. The van der Waals surface area contributed by atoms with Gasteiger partial charge in [-0.2, -0.15) is 0 Å². The minimum atomic E-state index is -1.18. The second kappa shape index (κ2) is 8.16. The van der Waals surface area contributed by atoms with Crippen molar-refractivity contribution in [2.75, 3.05) is 4.90 Å². The van der Waals surface area contributed by atoms with Crippen LogP contribution in [0, 0.1) is 6.92 Å². The van der Waals surface area contributed by atoms with Gasteiger partial charge < -0.3 is 9.52 Å². The van der Waals surface area contributed by atoms with Crippen molar-refractivity contribution in [1.29, 1.82) is 0 Å². The Bertz CT molecular complexity index is 1310. The quantitative estimate of drug-likeness (QED) is 0.452. The lowest BCUT2D eigenvalue weighted by Gasteiger charge is -2.26. The molecule has 160 valence electrons. The molecular weight excluding hydrogens is 436 g/mol.